The summed E-state index contributed by atoms with van der Waals surface area (Å²) in [6.07, 6.45) is 0.621. The molecule has 0 aliphatic heterocycles. The minimum Gasteiger partial charge on any atom is -0.457 e. The smallest absolute Gasteiger partial charge is 0.362 e. The number of aryl methyl sites for hydroxylation is 2. The van der Waals surface area contributed by atoms with Crippen LogP contribution in [0.3, 0.4) is 0 Å². The molecule has 1 atom stereocenters. The summed E-state index contributed by atoms with van der Waals surface area (Å²) in [5, 5.41) is 3.06. The van der Waals surface area contributed by atoms with Crippen molar-refractivity contribution in [3.8, 4) is 0 Å². The average Bonchev–Trinajstić information content (AvgIpc) is 2.64. The lowest BCUT2D eigenvalue weighted by molar-refractivity contribution is -0.898. The van der Waals surface area contributed by atoms with Gasteiger partial charge in [0.25, 0.3) is 5.91 Å². The number of likely N-dealkylation sites (N-methyl/N-ethyl adjacent to an activating group) is 1. The Morgan fingerprint density at radius 1 is 1.00 bits per heavy atom. The van der Waals surface area contributed by atoms with Crippen LogP contribution in [-0.4, -0.2) is 43.0 Å². The van der Waals surface area contributed by atoms with Crippen molar-refractivity contribution in [3.05, 3.63) is 65.2 Å². The van der Waals surface area contributed by atoms with Crippen LogP contribution in [0.2, 0.25) is 0 Å². The molecule has 2 aromatic rings. The van der Waals surface area contributed by atoms with Crippen LogP contribution in [-0.2, 0) is 20.9 Å². The standard InChI is InChI=1S/C23H30N2O3/c1-6-20(23(27)24-22-17(2)11-10-12-18(22)3)25(4,5)15-21(26)28-16-19-13-8-7-9-14-19/h7-14,20H,6,15-16H2,1-5H3/p+1. The minimum absolute atomic E-state index is 0.0826. The molecule has 28 heavy (non-hydrogen) atoms. The number of anilines is 1. The molecule has 0 fully saturated rings. The third-order valence-electron chi connectivity index (χ3n) is 5.04. The van der Waals surface area contributed by atoms with Gasteiger partial charge in [0.05, 0.1) is 14.1 Å². The third kappa shape index (κ3) is 5.67. The largest absolute Gasteiger partial charge is 0.457 e. The van der Waals surface area contributed by atoms with E-state index in [1.54, 1.807) is 0 Å². The Labute approximate surface area is 167 Å². The predicted octanol–water partition coefficient (Wildman–Crippen LogP) is 3.84. The van der Waals surface area contributed by atoms with Crippen molar-refractivity contribution in [1.82, 2.24) is 0 Å². The highest BCUT2D eigenvalue weighted by Gasteiger charge is 2.36. The Hall–Kier alpha value is -2.66. The molecule has 1 N–H and O–H groups in total. The van der Waals surface area contributed by atoms with Gasteiger partial charge in [0.2, 0.25) is 0 Å². The lowest BCUT2D eigenvalue weighted by Crippen LogP contribution is -2.56. The molecule has 0 bridgehead atoms. The minimum atomic E-state index is -0.358. The second-order valence-corrected chi connectivity index (χ2v) is 7.76. The Morgan fingerprint density at radius 3 is 2.18 bits per heavy atom. The monoisotopic (exact) mass is 383 g/mol. The Bertz CT molecular complexity index is 796. The number of rotatable bonds is 8. The summed E-state index contributed by atoms with van der Waals surface area (Å²) in [5.74, 6) is -0.395. The molecule has 5 nitrogen and oxygen atoms in total. The number of nitrogens with one attached hydrogen (secondary N) is 1. The van der Waals surface area contributed by atoms with Crippen LogP contribution in [0.4, 0.5) is 5.69 Å². The molecule has 5 heteroatoms. The predicted molar refractivity (Wildman–Crippen MR) is 112 cm³/mol. The van der Waals surface area contributed by atoms with Crippen LogP contribution in [0.5, 0.6) is 0 Å². The fraction of sp³-hybridized carbons (Fsp3) is 0.391. The van der Waals surface area contributed by atoms with Gasteiger partial charge in [-0.15, -0.1) is 0 Å². The Kier molecular flexibility index (Phi) is 7.35. The van der Waals surface area contributed by atoms with Crippen molar-refractivity contribution in [3.63, 3.8) is 0 Å². The summed E-state index contributed by atoms with van der Waals surface area (Å²) in [7, 11) is 3.78. The number of ether oxygens (including phenoxy) is 1. The average molecular weight is 384 g/mol. The summed E-state index contributed by atoms with van der Waals surface area (Å²) in [6.45, 7) is 6.29. The normalized spacial score (nSPS) is 12.3. The van der Waals surface area contributed by atoms with E-state index < -0.39 is 0 Å². The Morgan fingerprint density at radius 2 is 1.61 bits per heavy atom. The van der Waals surface area contributed by atoms with E-state index >= 15 is 0 Å². The SMILES string of the molecule is CCC(C(=O)Nc1c(C)cccc1C)[N+](C)(C)CC(=O)OCc1ccccc1. The number of quaternary nitrogens is 1. The zero-order chi connectivity index (χ0) is 20.7. The summed E-state index contributed by atoms with van der Waals surface area (Å²) in [4.78, 5) is 25.3. The second kappa shape index (κ2) is 9.51. The van der Waals surface area contributed by atoms with Gasteiger partial charge in [-0.2, -0.15) is 0 Å². The molecule has 0 saturated carbocycles. The van der Waals surface area contributed by atoms with E-state index in [1.807, 2.05) is 83.4 Å². The van der Waals surface area contributed by atoms with Crippen molar-refractivity contribution < 1.29 is 18.8 Å². The molecule has 2 rings (SSSR count). The van der Waals surface area contributed by atoms with Crippen LogP contribution >= 0.6 is 0 Å². The van der Waals surface area contributed by atoms with Crippen molar-refractivity contribution in [2.45, 2.75) is 39.8 Å². The highest BCUT2D eigenvalue weighted by molar-refractivity contribution is 5.95. The van der Waals surface area contributed by atoms with E-state index in [0.29, 0.717) is 6.42 Å². The molecule has 150 valence electrons. The fourth-order valence-electron chi connectivity index (χ4n) is 3.44. The summed E-state index contributed by atoms with van der Waals surface area (Å²) >= 11 is 0. The van der Waals surface area contributed by atoms with Crippen LogP contribution in [0.25, 0.3) is 0 Å². The molecular weight excluding hydrogens is 352 g/mol. The number of carbonyl (C=O) groups excluding carboxylic acids is 2. The quantitative estimate of drug-likeness (QED) is 0.557. The van der Waals surface area contributed by atoms with E-state index in [-0.39, 0.29) is 35.6 Å². The maximum atomic E-state index is 13.0. The maximum Gasteiger partial charge on any atom is 0.362 e. The van der Waals surface area contributed by atoms with Gasteiger partial charge in [0.1, 0.15) is 6.61 Å². The van der Waals surface area contributed by atoms with E-state index in [4.69, 9.17) is 4.74 Å². The van der Waals surface area contributed by atoms with Gasteiger partial charge in [-0.3, -0.25) is 4.79 Å². The molecule has 0 saturated heterocycles. The van der Waals surface area contributed by atoms with Gasteiger partial charge in [-0.05, 0) is 30.5 Å². The van der Waals surface area contributed by atoms with E-state index in [9.17, 15) is 9.59 Å². The van der Waals surface area contributed by atoms with Gasteiger partial charge >= 0.3 is 5.97 Å². The van der Waals surface area contributed by atoms with E-state index in [1.165, 1.54) is 0 Å². The first kappa shape index (κ1) is 21.6. The summed E-state index contributed by atoms with van der Waals surface area (Å²) in [6, 6.07) is 15.1. The molecule has 1 unspecified atom stereocenters. The molecular formula is C23H31N2O3+. The maximum absolute atomic E-state index is 13.0. The van der Waals surface area contributed by atoms with Gasteiger partial charge in [0, 0.05) is 12.1 Å². The second-order valence-electron chi connectivity index (χ2n) is 7.76. The van der Waals surface area contributed by atoms with E-state index in [2.05, 4.69) is 5.32 Å². The first-order chi connectivity index (χ1) is 13.2. The molecule has 0 aromatic heterocycles. The van der Waals surface area contributed by atoms with Crippen molar-refractivity contribution in [2.75, 3.05) is 26.0 Å². The molecule has 0 heterocycles. The highest BCUT2D eigenvalue weighted by Crippen LogP contribution is 2.21. The molecule has 2 aromatic carbocycles. The number of nitrogens with zero attached hydrogens (tertiary/aromatic N) is 1. The van der Waals surface area contributed by atoms with Gasteiger partial charge in [-0.25, -0.2) is 4.79 Å². The Balaban J connectivity index is 2.02. The third-order valence-corrected chi connectivity index (χ3v) is 5.04. The topological polar surface area (TPSA) is 55.4 Å². The first-order valence-corrected chi connectivity index (χ1v) is 9.64. The first-order valence-electron chi connectivity index (χ1n) is 9.64. The fourth-order valence-corrected chi connectivity index (χ4v) is 3.44. The van der Waals surface area contributed by atoms with Crippen LogP contribution in [0.1, 0.15) is 30.0 Å². The van der Waals surface area contributed by atoms with Gasteiger partial charge in [-0.1, -0.05) is 55.5 Å². The summed E-state index contributed by atoms with van der Waals surface area (Å²) in [5.41, 5.74) is 3.84. The van der Waals surface area contributed by atoms with Crippen LogP contribution < -0.4 is 5.32 Å². The number of amides is 1. The number of carbonyl (C=O) groups is 2. The summed E-state index contributed by atoms with van der Waals surface area (Å²) < 4.78 is 5.65. The van der Waals surface area contributed by atoms with Crippen LogP contribution in [0.15, 0.2) is 48.5 Å². The molecule has 1 amide bonds. The number of hydrogen-bond acceptors (Lipinski definition) is 3. The number of hydrogen-bond donors (Lipinski definition) is 1. The lowest BCUT2D eigenvalue weighted by atomic mass is 10.1. The van der Waals surface area contributed by atoms with Crippen molar-refractivity contribution >= 4 is 17.6 Å². The molecule has 0 radical (unpaired) electrons. The van der Waals surface area contributed by atoms with Gasteiger partial charge < -0.3 is 14.5 Å². The van der Waals surface area contributed by atoms with E-state index in [0.717, 1.165) is 22.4 Å². The molecule has 0 spiro atoms. The zero-order valence-corrected chi connectivity index (χ0v) is 17.5. The zero-order valence-electron chi connectivity index (χ0n) is 17.5. The van der Waals surface area contributed by atoms with Gasteiger partial charge in [0.15, 0.2) is 12.6 Å². The number of benzene rings is 2. The lowest BCUT2D eigenvalue weighted by Gasteiger charge is -2.35. The highest BCUT2D eigenvalue weighted by atomic mass is 16.5. The van der Waals surface area contributed by atoms with Crippen LogP contribution in [0, 0.1) is 13.8 Å². The molecule has 0 aliphatic carbocycles. The van der Waals surface area contributed by atoms with Crippen molar-refractivity contribution in [2.24, 2.45) is 0 Å². The number of esters is 1. The van der Waals surface area contributed by atoms with Crippen molar-refractivity contribution in [1.29, 1.82) is 0 Å². The number of para-hydroxylation sites is 1. The molecule has 0 aliphatic rings.